The van der Waals surface area contributed by atoms with Gasteiger partial charge >= 0.3 is 5.97 Å². The quantitative estimate of drug-likeness (QED) is 0.228. The van der Waals surface area contributed by atoms with Crippen LogP contribution in [-0.4, -0.2) is 48.2 Å². The number of carbonyl (C=O) groups excluding carboxylic acids is 1. The van der Waals surface area contributed by atoms with Crippen LogP contribution in [0, 0.1) is 23.6 Å². The molecule has 3 fully saturated rings. The Morgan fingerprint density at radius 2 is 1.95 bits per heavy atom. The fourth-order valence-corrected chi connectivity index (χ4v) is 9.34. The van der Waals surface area contributed by atoms with Crippen LogP contribution in [0.15, 0.2) is 39.8 Å². The smallest absolute Gasteiger partial charge is 0.337 e. The molecule has 2 aliphatic heterocycles. The van der Waals surface area contributed by atoms with Gasteiger partial charge in [-0.05, 0) is 87.0 Å². The Kier molecular flexibility index (Phi) is 8.51. The Labute approximate surface area is 265 Å². The molecule has 3 aromatic rings. The summed E-state index contributed by atoms with van der Waals surface area (Å²) in [6.07, 6.45) is 7.18. The lowest BCUT2D eigenvalue weighted by atomic mass is 9.93. The maximum atomic E-state index is 14.9. The molecule has 4 atom stereocenters. The number of methoxy groups -OCH3 is 1. The van der Waals surface area contributed by atoms with Gasteiger partial charge in [0, 0.05) is 40.6 Å². The molecule has 2 aromatic carbocycles. The van der Waals surface area contributed by atoms with Crippen LogP contribution in [0.4, 0.5) is 4.39 Å². The normalized spacial score (nSPS) is 25.4. The number of nitrogens with zero attached hydrogens (tertiary/aromatic N) is 2. The fraction of sp³-hybridized carbons (Fsp3) is 0.515. The van der Waals surface area contributed by atoms with Crippen molar-refractivity contribution in [2.75, 3.05) is 26.8 Å². The molecule has 1 aromatic heterocycles. The van der Waals surface area contributed by atoms with Crippen molar-refractivity contribution < 1.29 is 23.2 Å². The van der Waals surface area contributed by atoms with Crippen molar-refractivity contribution in [3.05, 3.63) is 68.6 Å². The number of carbonyl (C=O) groups is 1. The van der Waals surface area contributed by atoms with Gasteiger partial charge in [-0.1, -0.05) is 34.4 Å². The molecule has 0 bridgehead atoms. The lowest BCUT2D eigenvalue weighted by Gasteiger charge is -2.28. The number of ether oxygens (including phenoxy) is 2. The molecule has 4 aliphatic rings. The van der Waals surface area contributed by atoms with Crippen LogP contribution in [0.3, 0.4) is 0 Å². The van der Waals surface area contributed by atoms with Crippen molar-refractivity contribution in [1.82, 2.24) is 10.1 Å². The van der Waals surface area contributed by atoms with Crippen molar-refractivity contribution in [2.24, 2.45) is 17.8 Å². The van der Waals surface area contributed by atoms with E-state index in [2.05, 4.69) is 10.1 Å². The Bertz CT molecular complexity index is 1510. The third kappa shape index (κ3) is 5.86. The van der Waals surface area contributed by atoms with Crippen LogP contribution < -0.4 is 0 Å². The molecule has 6 nitrogen and oxygen atoms in total. The van der Waals surface area contributed by atoms with Gasteiger partial charge in [-0.25, -0.2) is 9.18 Å². The molecule has 0 N–H and O–H groups in total. The summed E-state index contributed by atoms with van der Waals surface area (Å²) in [6.45, 7) is 3.19. The molecule has 0 radical (unpaired) electrons. The largest absolute Gasteiger partial charge is 0.465 e. The summed E-state index contributed by atoms with van der Waals surface area (Å²) < 4.78 is 32.1. The zero-order valence-electron chi connectivity index (χ0n) is 24.1. The Morgan fingerprint density at radius 1 is 1.14 bits per heavy atom. The standard InChI is InChI=1S/C33H35Cl2FN2O4S/c1-40-33(39)21-12-27(36)22-4-2-7-29(43-28(22)13-21)38-14-19-10-11-20(23(19)15-38)16-41-17-24-31(37-42-32(24)18-8-9-18)30-25(34)5-3-6-26(30)35/h3,5-6,12-13,18-20,23,29H,2,4,7-11,14-17H2,1H3/t19-,20+,23?,29?/m1/s1. The van der Waals surface area contributed by atoms with E-state index in [9.17, 15) is 9.18 Å². The molecule has 2 aliphatic carbocycles. The van der Waals surface area contributed by atoms with Gasteiger partial charge in [-0.15, -0.1) is 11.8 Å². The number of hydrogen-bond donors (Lipinski definition) is 0. The second kappa shape index (κ2) is 12.4. The minimum atomic E-state index is -0.501. The van der Waals surface area contributed by atoms with Crippen LogP contribution >= 0.6 is 35.0 Å². The monoisotopic (exact) mass is 644 g/mol. The highest BCUT2D eigenvalue weighted by Crippen LogP contribution is 2.48. The second-order valence-corrected chi connectivity index (χ2v) is 14.4. The molecule has 0 amide bonds. The average molecular weight is 646 g/mol. The zero-order valence-corrected chi connectivity index (χ0v) is 26.4. The highest BCUT2D eigenvalue weighted by molar-refractivity contribution is 8.00. The van der Waals surface area contributed by atoms with Gasteiger partial charge in [0.15, 0.2) is 0 Å². The highest BCUT2D eigenvalue weighted by atomic mass is 35.5. The summed E-state index contributed by atoms with van der Waals surface area (Å²) in [5.41, 5.74) is 3.36. The lowest BCUT2D eigenvalue weighted by Crippen LogP contribution is -2.32. The summed E-state index contributed by atoms with van der Waals surface area (Å²) in [5.74, 6) is 2.19. The number of benzene rings is 2. The van der Waals surface area contributed by atoms with Crippen LogP contribution in [0.2, 0.25) is 10.0 Å². The number of fused-ring (bicyclic) bond motifs is 2. The van der Waals surface area contributed by atoms with E-state index in [0.29, 0.717) is 64.6 Å². The van der Waals surface area contributed by atoms with E-state index in [0.717, 1.165) is 60.6 Å². The van der Waals surface area contributed by atoms with Gasteiger partial charge in [0.2, 0.25) is 0 Å². The molecule has 0 spiro atoms. The predicted molar refractivity (Wildman–Crippen MR) is 165 cm³/mol. The third-order valence-electron chi connectivity index (χ3n) is 9.70. The van der Waals surface area contributed by atoms with Crippen LogP contribution in [0.5, 0.6) is 0 Å². The summed E-state index contributed by atoms with van der Waals surface area (Å²) in [4.78, 5) is 15.6. The number of likely N-dealkylation sites (tertiary alicyclic amines) is 1. The fourth-order valence-electron chi connectivity index (χ4n) is 7.33. The van der Waals surface area contributed by atoms with Crippen LogP contribution in [0.25, 0.3) is 11.3 Å². The number of rotatable bonds is 8. The van der Waals surface area contributed by atoms with Gasteiger partial charge in [0.1, 0.15) is 17.3 Å². The van der Waals surface area contributed by atoms with E-state index >= 15 is 0 Å². The second-order valence-electron chi connectivity index (χ2n) is 12.4. The first-order valence-corrected chi connectivity index (χ1v) is 16.9. The molecule has 3 heterocycles. The van der Waals surface area contributed by atoms with E-state index in [1.54, 1.807) is 11.8 Å². The minimum Gasteiger partial charge on any atom is -0.465 e. The number of esters is 1. The van der Waals surface area contributed by atoms with Crippen molar-refractivity contribution in [1.29, 1.82) is 0 Å². The number of thioether (sulfide) groups is 1. The summed E-state index contributed by atoms with van der Waals surface area (Å²) >= 11 is 14.8. The maximum absolute atomic E-state index is 14.9. The first-order valence-electron chi connectivity index (χ1n) is 15.2. The Morgan fingerprint density at radius 3 is 2.72 bits per heavy atom. The van der Waals surface area contributed by atoms with Gasteiger partial charge in [-0.3, -0.25) is 4.90 Å². The van der Waals surface area contributed by atoms with E-state index in [4.69, 9.17) is 37.2 Å². The average Bonchev–Trinajstić information content (AvgIpc) is 3.54. The molecule has 2 saturated carbocycles. The van der Waals surface area contributed by atoms with Crippen molar-refractivity contribution in [2.45, 2.75) is 67.7 Å². The maximum Gasteiger partial charge on any atom is 0.337 e. The van der Waals surface area contributed by atoms with Crippen molar-refractivity contribution >= 4 is 40.9 Å². The molecule has 228 valence electrons. The highest BCUT2D eigenvalue weighted by Gasteiger charge is 2.45. The van der Waals surface area contributed by atoms with Crippen LogP contribution in [0.1, 0.15) is 71.7 Å². The van der Waals surface area contributed by atoms with Crippen LogP contribution in [-0.2, 0) is 22.5 Å². The van der Waals surface area contributed by atoms with E-state index < -0.39 is 5.97 Å². The Balaban J connectivity index is 1.02. The summed E-state index contributed by atoms with van der Waals surface area (Å²) in [7, 11) is 1.33. The first-order chi connectivity index (χ1) is 20.9. The van der Waals surface area contributed by atoms with E-state index in [1.807, 2.05) is 24.3 Å². The number of halogens is 3. The molecular weight excluding hydrogens is 610 g/mol. The van der Waals surface area contributed by atoms with Crippen molar-refractivity contribution in [3.63, 3.8) is 0 Å². The SMILES string of the molecule is COC(=O)c1cc(F)c2c(c1)SC(N1CC3[C@H](CC[C@H]3COCc3c(-c4c(Cl)cccc4Cl)noc3C3CC3)C1)CCC2. The number of aromatic nitrogens is 1. The lowest BCUT2D eigenvalue weighted by molar-refractivity contribution is 0.0599. The van der Waals surface area contributed by atoms with Crippen molar-refractivity contribution in [3.8, 4) is 11.3 Å². The van der Waals surface area contributed by atoms with Gasteiger partial charge in [0.05, 0.1) is 41.3 Å². The van der Waals surface area contributed by atoms with Gasteiger partial charge in [0.25, 0.3) is 0 Å². The first kappa shape index (κ1) is 29.6. The molecular formula is C33H35Cl2FN2O4S. The molecule has 43 heavy (non-hydrogen) atoms. The summed E-state index contributed by atoms with van der Waals surface area (Å²) in [5, 5.41) is 5.77. The van der Waals surface area contributed by atoms with Gasteiger partial charge in [-0.2, -0.15) is 0 Å². The van der Waals surface area contributed by atoms with Gasteiger partial charge < -0.3 is 14.0 Å². The zero-order chi connectivity index (χ0) is 29.7. The molecule has 2 unspecified atom stereocenters. The molecule has 7 rings (SSSR count). The summed E-state index contributed by atoms with van der Waals surface area (Å²) in [6, 6.07) is 8.60. The van der Waals surface area contributed by atoms with E-state index in [1.165, 1.54) is 26.0 Å². The number of hydrogen-bond acceptors (Lipinski definition) is 7. The predicted octanol–water partition coefficient (Wildman–Crippen LogP) is 8.38. The molecule has 10 heteroatoms. The van der Waals surface area contributed by atoms with E-state index in [-0.39, 0.29) is 16.8 Å². The third-order valence-corrected chi connectivity index (χ3v) is 11.8. The molecule has 1 saturated heterocycles. The minimum absolute atomic E-state index is 0.266. The Hall–Kier alpha value is -2.10. The topological polar surface area (TPSA) is 64.8 Å².